The molecule has 1 N–H and O–H groups in total. The molecule has 1 saturated heterocycles. The van der Waals surface area contributed by atoms with E-state index < -0.39 is 5.95 Å². The van der Waals surface area contributed by atoms with Crippen molar-refractivity contribution in [1.29, 1.82) is 0 Å². The molecule has 2 rings (SSSR count). The zero-order chi connectivity index (χ0) is 14.4. The topological polar surface area (TPSA) is 45.2 Å². The van der Waals surface area contributed by atoms with Crippen LogP contribution in [-0.4, -0.2) is 41.5 Å². The van der Waals surface area contributed by atoms with E-state index in [0.717, 1.165) is 19.5 Å². The Balaban J connectivity index is 1.69. The average molecular weight is 279 g/mol. The smallest absolute Gasteiger partial charge is 0.269 e. The molecule has 0 saturated carbocycles. The molecule has 0 radical (unpaired) electrons. The molecule has 1 aliphatic heterocycles. The van der Waals surface area contributed by atoms with Gasteiger partial charge in [-0.05, 0) is 44.9 Å². The first kappa shape index (κ1) is 14.9. The Morgan fingerprint density at radius 1 is 1.50 bits per heavy atom. The van der Waals surface area contributed by atoms with Gasteiger partial charge in [0, 0.05) is 19.1 Å². The van der Waals surface area contributed by atoms with E-state index in [9.17, 15) is 9.18 Å². The van der Waals surface area contributed by atoms with Gasteiger partial charge in [-0.15, -0.1) is 0 Å². The maximum Gasteiger partial charge on any atom is 0.269 e. The quantitative estimate of drug-likeness (QED) is 0.664. The first-order valence-corrected chi connectivity index (χ1v) is 7.31. The number of pyridine rings is 1. The molecular weight excluding hydrogens is 257 g/mol. The number of hydrogen-bond donors (Lipinski definition) is 1. The number of hydrogen-bond acceptors (Lipinski definition) is 3. The van der Waals surface area contributed by atoms with Crippen molar-refractivity contribution in [1.82, 2.24) is 15.2 Å². The van der Waals surface area contributed by atoms with Crippen LogP contribution >= 0.6 is 0 Å². The number of halogens is 1. The standard InChI is InChI=1S/C15H22FN3O/c1-12-6-2-3-10-19(12)11-5-9-17-15(20)13-7-4-8-14(16)18-13/h4,7-8,12H,2-3,5-6,9-11H2,1H3,(H,17,20). The first-order valence-electron chi connectivity index (χ1n) is 7.31. The lowest BCUT2D eigenvalue weighted by atomic mass is 10.0. The fraction of sp³-hybridized carbons (Fsp3) is 0.600. The molecular formula is C15H22FN3O. The minimum atomic E-state index is -0.625. The number of nitrogens with one attached hydrogen (secondary N) is 1. The highest BCUT2D eigenvalue weighted by atomic mass is 19.1. The lowest BCUT2D eigenvalue weighted by Crippen LogP contribution is -2.39. The zero-order valence-corrected chi connectivity index (χ0v) is 11.9. The summed E-state index contributed by atoms with van der Waals surface area (Å²) in [6, 6.07) is 4.89. The van der Waals surface area contributed by atoms with E-state index >= 15 is 0 Å². The van der Waals surface area contributed by atoms with Gasteiger partial charge in [0.05, 0.1) is 0 Å². The SMILES string of the molecule is CC1CCCCN1CCCNC(=O)c1cccc(F)n1. The van der Waals surface area contributed by atoms with Gasteiger partial charge in [-0.2, -0.15) is 4.39 Å². The van der Waals surface area contributed by atoms with Gasteiger partial charge >= 0.3 is 0 Å². The molecule has 110 valence electrons. The molecule has 1 fully saturated rings. The number of rotatable bonds is 5. The van der Waals surface area contributed by atoms with Crippen LogP contribution in [-0.2, 0) is 0 Å². The highest BCUT2D eigenvalue weighted by molar-refractivity contribution is 5.92. The van der Waals surface area contributed by atoms with Gasteiger partial charge in [0.1, 0.15) is 5.69 Å². The van der Waals surface area contributed by atoms with Crippen LogP contribution in [0, 0.1) is 5.95 Å². The van der Waals surface area contributed by atoms with Crippen LogP contribution in [0.25, 0.3) is 0 Å². The van der Waals surface area contributed by atoms with E-state index in [2.05, 4.69) is 22.1 Å². The molecule has 1 aromatic rings. The third-order valence-electron chi connectivity index (χ3n) is 3.80. The molecule has 20 heavy (non-hydrogen) atoms. The molecule has 1 unspecified atom stereocenters. The number of piperidine rings is 1. The van der Waals surface area contributed by atoms with Crippen molar-refractivity contribution in [3.8, 4) is 0 Å². The second-order valence-electron chi connectivity index (χ2n) is 5.34. The van der Waals surface area contributed by atoms with Gasteiger partial charge in [-0.25, -0.2) is 4.98 Å². The third kappa shape index (κ3) is 4.27. The van der Waals surface area contributed by atoms with Gasteiger partial charge in [-0.3, -0.25) is 4.79 Å². The Kier molecular flexibility index (Phi) is 5.47. The molecule has 5 heteroatoms. The maximum absolute atomic E-state index is 12.9. The molecule has 2 heterocycles. The summed E-state index contributed by atoms with van der Waals surface area (Å²) >= 11 is 0. The van der Waals surface area contributed by atoms with E-state index in [1.807, 2.05) is 0 Å². The minimum absolute atomic E-state index is 0.136. The van der Waals surface area contributed by atoms with Crippen molar-refractivity contribution in [2.24, 2.45) is 0 Å². The fourth-order valence-electron chi connectivity index (χ4n) is 2.60. The molecule has 1 aromatic heterocycles. The largest absolute Gasteiger partial charge is 0.351 e. The van der Waals surface area contributed by atoms with Crippen molar-refractivity contribution in [3.63, 3.8) is 0 Å². The summed E-state index contributed by atoms with van der Waals surface area (Å²) in [7, 11) is 0. The maximum atomic E-state index is 12.9. The number of carbonyl (C=O) groups is 1. The van der Waals surface area contributed by atoms with Crippen molar-refractivity contribution >= 4 is 5.91 Å². The van der Waals surface area contributed by atoms with E-state index in [-0.39, 0.29) is 11.6 Å². The lowest BCUT2D eigenvalue weighted by Gasteiger charge is -2.33. The number of likely N-dealkylation sites (tertiary alicyclic amines) is 1. The highest BCUT2D eigenvalue weighted by Crippen LogP contribution is 2.16. The summed E-state index contributed by atoms with van der Waals surface area (Å²) in [6.07, 6.45) is 4.76. The Bertz CT molecular complexity index is 452. The summed E-state index contributed by atoms with van der Waals surface area (Å²) in [5.74, 6) is -0.934. The number of amides is 1. The second-order valence-corrected chi connectivity index (χ2v) is 5.34. The van der Waals surface area contributed by atoms with E-state index in [1.54, 1.807) is 0 Å². The Labute approximate surface area is 119 Å². The summed E-state index contributed by atoms with van der Waals surface area (Å²) in [5, 5.41) is 2.79. The predicted molar refractivity (Wildman–Crippen MR) is 76.0 cm³/mol. The van der Waals surface area contributed by atoms with Crippen LogP contribution < -0.4 is 5.32 Å². The van der Waals surface area contributed by atoms with Crippen LogP contribution in [0.15, 0.2) is 18.2 Å². The summed E-state index contributed by atoms with van der Waals surface area (Å²) in [4.78, 5) is 17.8. The molecule has 0 spiro atoms. The Morgan fingerprint density at radius 3 is 3.10 bits per heavy atom. The molecule has 1 atom stereocenters. The van der Waals surface area contributed by atoms with Crippen LogP contribution in [0.3, 0.4) is 0 Å². The molecule has 4 nitrogen and oxygen atoms in total. The summed E-state index contributed by atoms with van der Waals surface area (Å²) < 4.78 is 12.9. The second kappa shape index (κ2) is 7.33. The van der Waals surface area contributed by atoms with Crippen molar-refractivity contribution in [2.75, 3.05) is 19.6 Å². The van der Waals surface area contributed by atoms with Crippen molar-refractivity contribution < 1.29 is 9.18 Å². The molecule has 1 aliphatic rings. The molecule has 0 aliphatic carbocycles. The number of aromatic nitrogens is 1. The Hall–Kier alpha value is -1.49. The van der Waals surface area contributed by atoms with Crippen LogP contribution in [0.2, 0.25) is 0 Å². The third-order valence-corrected chi connectivity index (χ3v) is 3.80. The van der Waals surface area contributed by atoms with Gasteiger partial charge in [-0.1, -0.05) is 12.5 Å². The average Bonchev–Trinajstić information content (AvgIpc) is 2.45. The van der Waals surface area contributed by atoms with Crippen LogP contribution in [0.5, 0.6) is 0 Å². The summed E-state index contributed by atoms with van der Waals surface area (Å²) in [5.41, 5.74) is 0.136. The Morgan fingerprint density at radius 2 is 2.35 bits per heavy atom. The fourth-order valence-corrected chi connectivity index (χ4v) is 2.60. The van der Waals surface area contributed by atoms with Crippen LogP contribution in [0.4, 0.5) is 4.39 Å². The molecule has 0 bridgehead atoms. The van der Waals surface area contributed by atoms with Gasteiger partial charge in [0.25, 0.3) is 5.91 Å². The van der Waals surface area contributed by atoms with E-state index in [1.165, 1.54) is 37.5 Å². The van der Waals surface area contributed by atoms with Gasteiger partial charge in [0.15, 0.2) is 0 Å². The minimum Gasteiger partial charge on any atom is -0.351 e. The predicted octanol–water partition coefficient (Wildman–Crippen LogP) is 2.21. The summed E-state index contributed by atoms with van der Waals surface area (Å²) in [6.45, 7) is 5.01. The highest BCUT2D eigenvalue weighted by Gasteiger charge is 2.17. The lowest BCUT2D eigenvalue weighted by molar-refractivity contribution is 0.0942. The van der Waals surface area contributed by atoms with E-state index in [4.69, 9.17) is 0 Å². The zero-order valence-electron chi connectivity index (χ0n) is 11.9. The monoisotopic (exact) mass is 279 g/mol. The first-order chi connectivity index (χ1) is 9.66. The van der Waals surface area contributed by atoms with E-state index in [0.29, 0.717) is 12.6 Å². The van der Waals surface area contributed by atoms with Crippen molar-refractivity contribution in [2.45, 2.75) is 38.6 Å². The van der Waals surface area contributed by atoms with Gasteiger partial charge < -0.3 is 10.2 Å². The molecule has 0 aromatic carbocycles. The van der Waals surface area contributed by atoms with Crippen LogP contribution in [0.1, 0.15) is 43.1 Å². The number of nitrogens with zero attached hydrogens (tertiary/aromatic N) is 2. The van der Waals surface area contributed by atoms with Crippen molar-refractivity contribution in [3.05, 3.63) is 29.8 Å². The molecule has 1 amide bonds. The normalized spacial score (nSPS) is 19.8. The van der Waals surface area contributed by atoms with Gasteiger partial charge in [0.2, 0.25) is 5.95 Å². The number of carbonyl (C=O) groups excluding carboxylic acids is 1.